The van der Waals surface area contributed by atoms with Gasteiger partial charge in [-0.1, -0.05) is 49.2 Å². The average molecular weight is 439 g/mol. The van der Waals surface area contributed by atoms with Gasteiger partial charge >= 0.3 is 0 Å². The normalized spacial score (nSPS) is 18.0. The molecule has 172 valence electrons. The predicted octanol–water partition coefficient (Wildman–Crippen LogP) is 3.72. The number of benzene rings is 2. The van der Waals surface area contributed by atoms with Gasteiger partial charge < -0.3 is 19.3 Å². The van der Waals surface area contributed by atoms with E-state index in [4.69, 9.17) is 9.47 Å². The maximum atomic E-state index is 13.1. The number of likely N-dealkylation sites (N-methyl/N-ethyl adjacent to an activating group) is 2. The molecule has 2 aromatic carbocycles. The van der Waals surface area contributed by atoms with Crippen LogP contribution in [0.5, 0.6) is 11.5 Å². The Kier molecular flexibility index (Phi) is 8.14. The first kappa shape index (κ1) is 23.6. The Morgan fingerprint density at radius 3 is 1.50 bits per heavy atom. The van der Waals surface area contributed by atoms with Crippen molar-refractivity contribution >= 4 is 11.8 Å². The molecule has 1 aliphatic carbocycles. The highest BCUT2D eigenvalue weighted by Gasteiger charge is 2.35. The van der Waals surface area contributed by atoms with Gasteiger partial charge in [-0.05, 0) is 25.0 Å². The van der Waals surface area contributed by atoms with Crippen molar-refractivity contribution in [1.29, 1.82) is 0 Å². The number of methoxy groups -OCH3 is 2. The van der Waals surface area contributed by atoms with E-state index in [9.17, 15) is 9.59 Å². The molecule has 0 bridgehead atoms. The first-order valence-corrected chi connectivity index (χ1v) is 11.2. The summed E-state index contributed by atoms with van der Waals surface area (Å²) in [5.74, 6) is 1.52. The topological polar surface area (TPSA) is 59.1 Å². The molecule has 2 amide bonds. The van der Waals surface area contributed by atoms with Crippen LogP contribution < -0.4 is 9.47 Å². The van der Waals surface area contributed by atoms with E-state index < -0.39 is 0 Å². The molecule has 2 aromatic rings. The number of carbonyl (C=O) groups excluding carboxylic acids is 2. The second-order valence-corrected chi connectivity index (χ2v) is 8.41. The van der Waals surface area contributed by atoms with E-state index in [0.717, 1.165) is 48.3 Å². The van der Waals surface area contributed by atoms with E-state index in [1.165, 1.54) is 0 Å². The van der Waals surface area contributed by atoms with E-state index >= 15 is 0 Å². The first-order valence-electron chi connectivity index (χ1n) is 11.2. The average Bonchev–Trinajstić information content (AvgIpc) is 2.83. The SMILES string of the molecule is COc1ccccc1CC(=O)N(C)C1CCCCC1N(C)C(=O)Cc1ccccc1OC. The number of rotatable bonds is 8. The van der Waals surface area contributed by atoms with Crippen LogP contribution in [0.4, 0.5) is 0 Å². The van der Waals surface area contributed by atoms with Gasteiger partial charge in [-0.2, -0.15) is 0 Å². The van der Waals surface area contributed by atoms with Crippen molar-refractivity contribution in [2.75, 3.05) is 28.3 Å². The molecule has 1 fully saturated rings. The Labute approximate surface area is 191 Å². The molecule has 6 heteroatoms. The zero-order chi connectivity index (χ0) is 23.1. The van der Waals surface area contributed by atoms with Crippen LogP contribution in [0.3, 0.4) is 0 Å². The zero-order valence-electron chi connectivity index (χ0n) is 19.5. The van der Waals surface area contributed by atoms with Crippen molar-refractivity contribution in [3.8, 4) is 11.5 Å². The van der Waals surface area contributed by atoms with Crippen molar-refractivity contribution in [3.63, 3.8) is 0 Å². The highest BCUT2D eigenvalue weighted by atomic mass is 16.5. The van der Waals surface area contributed by atoms with Gasteiger partial charge in [-0.3, -0.25) is 9.59 Å². The Hall–Kier alpha value is -3.02. The second kappa shape index (κ2) is 11.0. The van der Waals surface area contributed by atoms with Crippen molar-refractivity contribution < 1.29 is 19.1 Å². The third-order valence-electron chi connectivity index (χ3n) is 6.54. The Balaban J connectivity index is 1.71. The lowest BCUT2D eigenvalue weighted by Crippen LogP contribution is -2.54. The third kappa shape index (κ3) is 5.42. The van der Waals surface area contributed by atoms with Crippen LogP contribution in [0.25, 0.3) is 0 Å². The molecule has 2 atom stereocenters. The zero-order valence-corrected chi connectivity index (χ0v) is 19.5. The summed E-state index contributed by atoms with van der Waals surface area (Å²) in [7, 11) is 6.96. The molecule has 0 heterocycles. The molecule has 2 unspecified atom stereocenters. The number of carbonyl (C=O) groups is 2. The summed E-state index contributed by atoms with van der Waals surface area (Å²) in [4.78, 5) is 30.0. The van der Waals surface area contributed by atoms with Gasteiger partial charge in [0, 0.05) is 25.2 Å². The van der Waals surface area contributed by atoms with E-state index in [1.807, 2.05) is 72.4 Å². The molecule has 0 N–H and O–H groups in total. The Bertz CT molecular complexity index is 854. The lowest BCUT2D eigenvalue weighted by Gasteiger charge is -2.42. The standard InChI is InChI=1S/C26H34N2O4/c1-27(25(29)17-19-11-5-9-15-23(19)31-3)21-13-7-8-14-22(21)28(2)26(30)18-20-12-6-10-16-24(20)32-4/h5-6,9-12,15-16,21-22H,7-8,13-14,17-18H2,1-4H3. The monoisotopic (exact) mass is 438 g/mol. The minimum Gasteiger partial charge on any atom is -0.496 e. The van der Waals surface area contributed by atoms with Crippen LogP contribution in [-0.4, -0.2) is 62.0 Å². The molecular formula is C26H34N2O4. The number of hydrogen-bond acceptors (Lipinski definition) is 4. The number of amides is 2. The van der Waals surface area contributed by atoms with Crippen LogP contribution in [0, 0.1) is 0 Å². The molecule has 0 radical (unpaired) electrons. The highest BCUT2D eigenvalue weighted by molar-refractivity contribution is 5.81. The fourth-order valence-corrected chi connectivity index (χ4v) is 4.64. The van der Waals surface area contributed by atoms with Gasteiger partial charge in [-0.25, -0.2) is 0 Å². The van der Waals surface area contributed by atoms with Crippen molar-refractivity contribution in [2.24, 2.45) is 0 Å². The molecule has 1 saturated carbocycles. The molecule has 0 aromatic heterocycles. The van der Waals surface area contributed by atoms with Crippen LogP contribution >= 0.6 is 0 Å². The minimum atomic E-state index is -0.00224. The predicted molar refractivity (Wildman–Crippen MR) is 125 cm³/mol. The molecule has 3 rings (SSSR count). The number of ether oxygens (including phenoxy) is 2. The largest absolute Gasteiger partial charge is 0.496 e. The summed E-state index contributed by atoms with van der Waals surface area (Å²) in [6, 6.07) is 15.2. The van der Waals surface area contributed by atoms with Gasteiger partial charge in [0.1, 0.15) is 11.5 Å². The molecule has 0 aliphatic heterocycles. The van der Waals surface area contributed by atoms with Crippen LogP contribution in [0.15, 0.2) is 48.5 Å². The van der Waals surface area contributed by atoms with E-state index in [0.29, 0.717) is 0 Å². The van der Waals surface area contributed by atoms with Crippen molar-refractivity contribution in [2.45, 2.75) is 50.6 Å². The Morgan fingerprint density at radius 2 is 1.12 bits per heavy atom. The molecule has 6 nitrogen and oxygen atoms in total. The van der Waals surface area contributed by atoms with Gasteiger partial charge in [0.05, 0.1) is 39.1 Å². The Morgan fingerprint density at radius 1 is 0.750 bits per heavy atom. The fourth-order valence-electron chi connectivity index (χ4n) is 4.64. The lowest BCUT2D eigenvalue weighted by atomic mass is 9.87. The molecule has 32 heavy (non-hydrogen) atoms. The first-order chi connectivity index (χ1) is 15.5. The molecule has 1 aliphatic rings. The quantitative estimate of drug-likeness (QED) is 0.630. The summed E-state index contributed by atoms with van der Waals surface area (Å²) in [5.41, 5.74) is 1.75. The van der Waals surface area contributed by atoms with Gasteiger partial charge in [0.25, 0.3) is 0 Å². The van der Waals surface area contributed by atoms with E-state index in [2.05, 4.69) is 0 Å². The summed E-state index contributed by atoms with van der Waals surface area (Å²) in [6.07, 6.45) is 4.46. The summed E-state index contributed by atoms with van der Waals surface area (Å²) >= 11 is 0. The highest BCUT2D eigenvalue weighted by Crippen LogP contribution is 2.28. The maximum Gasteiger partial charge on any atom is 0.227 e. The molecular weight excluding hydrogens is 404 g/mol. The third-order valence-corrected chi connectivity index (χ3v) is 6.54. The van der Waals surface area contributed by atoms with Crippen LogP contribution in [-0.2, 0) is 22.4 Å². The van der Waals surface area contributed by atoms with Crippen LogP contribution in [0.2, 0.25) is 0 Å². The summed E-state index contributed by atoms with van der Waals surface area (Å²) in [5, 5.41) is 0. The maximum absolute atomic E-state index is 13.1. The number of hydrogen-bond donors (Lipinski definition) is 0. The van der Waals surface area contributed by atoms with Gasteiger partial charge in [0.15, 0.2) is 0 Å². The van der Waals surface area contributed by atoms with Crippen molar-refractivity contribution in [1.82, 2.24) is 9.80 Å². The fraction of sp³-hybridized carbons (Fsp3) is 0.462. The summed E-state index contributed by atoms with van der Waals surface area (Å²) < 4.78 is 10.8. The molecule has 0 spiro atoms. The van der Waals surface area contributed by atoms with E-state index in [-0.39, 0.29) is 36.7 Å². The smallest absolute Gasteiger partial charge is 0.227 e. The van der Waals surface area contributed by atoms with Crippen LogP contribution in [0.1, 0.15) is 36.8 Å². The van der Waals surface area contributed by atoms with Gasteiger partial charge in [0.2, 0.25) is 11.8 Å². The summed E-state index contributed by atoms with van der Waals surface area (Å²) in [6.45, 7) is 0. The van der Waals surface area contributed by atoms with Crippen molar-refractivity contribution in [3.05, 3.63) is 59.7 Å². The second-order valence-electron chi connectivity index (χ2n) is 8.41. The lowest BCUT2D eigenvalue weighted by molar-refractivity contribution is -0.139. The number of nitrogens with zero attached hydrogens (tertiary/aromatic N) is 2. The minimum absolute atomic E-state index is 0.00224. The van der Waals surface area contributed by atoms with E-state index in [1.54, 1.807) is 14.2 Å². The molecule has 0 saturated heterocycles. The number of para-hydroxylation sites is 2. The van der Waals surface area contributed by atoms with Gasteiger partial charge in [-0.15, -0.1) is 0 Å².